The van der Waals surface area contributed by atoms with Crippen molar-refractivity contribution in [1.82, 2.24) is 4.90 Å². The second-order valence-corrected chi connectivity index (χ2v) is 11.0. The van der Waals surface area contributed by atoms with E-state index in [2.05, 4.69) is 5.16 Å². The summed E-state index contributed by atoms with van der Waals surface area (Å²) in [5.41, 5.74) is 4.06. The number of halogens is 2. The molecule has 43 heavy (non-hydrogen) atoms. The highest BCUT2D eigenvalue weighted by Gasteiger charge is 2.36. The molecule has 0 bridgehead atoms. The summed E-state index contributed by atoms with van der Waals surface area (Å²) < 4.78 is 12.3. The van der Waals surface area contributed by atoms with Gasteiger partial charge in [-0.1, -0.05) is 83.0 Å². The van der Waals surface area contributed by atoms with Gasteiger partial charge in [0.1, 0.15) is 36.5 Å². The number of aliphatic hydroxyl groups is 1. The Hall–Kier alpha value is -4.15. The Bertz CT molecular complexity index is 1620. The molecule has 3 aromatic rings. The molecule has 2 atom stereocenters. The van der Waals surface area contributed by atoms with Gasteiger partial charge >= 0.3 is 5.97 Å². The number of oxime groups is 1. The van der Waals surface area contributed by atoms with Gasteiger partial charge in [-0.25, -0.2) is 0 Å². The third-order valence-corrected chi connectivity index (χ3v) is 8.01. The summed E-state index contributed by atoms with van der Waals surface area (Å²) in [5.74, 6) is -0.276. The lowest BCUT2D eigenvalue weighted by atomic mass is 10.0. The van der Waals surface area contributed by atoms with E-state index in [1.807, 2.05) is 48.5 Å². The average molecular weight is 623 g/mol. The molecule has 0 saturated carbocycles. The monoisotopic (exact) mass is 621 g/mol. The number of ether oxygens (including phenoxy) is 2. The summed E-state index contributed by atoms with van der Waals surface area (Å²) in [5, 5.41) is 40.8. The number of carboxylic acid groups (broad SMARTS) is 1. The molecule has 4 N–H and O–H groups in total. The van der Waals surface area contributed by atoms with E-state index in [4.69, 9.17) is 43.3 Å². The number of carboxylic acids is 1. The van der Waals surface area contributed by atoms with Crippen LogP contribution in [0.4, 0.5) is 0 Å². The summed E-state index contributed by atoms with van der Waals surface area (Å²) in [7, 11) is 0. The van der Waals surface area contributed by atoms with Crippen LogP contribution in [0, 0.1) is 5.41 Å². The zero-order valence-electron chi connectivity index (χ0n) is 22.9. The van der Waals surface area contributed by atoms with Crippen molar-refractivity contribution in [3.05, 3.63) is 106 Å². The zero-order valence-corrected chi connectivity index (χ0v) is 24.4. The number of β-amino-alcohol motifs (C(OH)–C–C–N with tert-alkyl or cyclic N) is 1. The first kappa shape index (κ1) is 30.3. The SMILES string of the molecule is N=C1C=C(COc2cc(OCc3cccc(-c4ccccc4)c3Cl)c(Cl)cc2CN2CC(O)CC2C(=O)O)C=C/C1=N/O. The van der Waals surface area contributed by atoms with Gasteiger partial charge < -0.3 is 24.9 Å². The molecular formula is C32H29Cl2N3O6. The van der Waals surface area contributed by atoms with Crippen LogP contribution in [-0.4, -0.2) is 63.0 Å². The number of hydrogen-bond donors (Lipinski definition) is 4. The summed E-state index contributed by atoms with van der Waals surface area (Å²) in [6.45, 7) is 0.560. The highest BCUT2D eigenvalue weighted by atomic mass is 35.5. The largest absolute Gasteiger partial charge is 0.488 e. The molecule has 11 heteroatoms. The molecule has 1 aliphatic heterocycles. The average Bonchev–Trinajstić information content (AvgIpc) is 3.37. The summed E-state index contributed by atoms with van der Waals surface area (Å²) >= 11 is 13.4. The second kappa shape index (κ2) is 13.4. The van der Waals surface area contributed by atoms with Gasteiger partial charge in [-0.2, -0.15) is 0 Å². The third-order valence-electron chi connectivity index (χ3n) is 7.26. The number of nitrogens with zero attached hydrogens (tertiary/aromatic N) is 2. The van der Waals surface area contributed by atoms with E-state index in [9.17, 15) is 15.0 Å². The Morgan fingerprint density at radius 3 is 2.49 bits per heavy atom. The standard InChI is InChI=1S/C32H29Cl2N3O6/c33-25-12-22(15-37-16-23(38)13-28(37)32(39)40)29(42-17-19-9-10-27(36-41)26(35)11-19)14-30(25)43-18-21-7-4-8-24(31(21)34)20-5-2-1-3-6-20/h1-12,14,23,28,35,38,41H,13,15-18H2,(H,39,40)/b35-26?,36-27-. The van der Waals surface area contributed by atoms with Crippen LogP contribution in [0.2, 0.25) is 10.0 Å². The number of hydrogen-bond acceptors (Lipinski definition) is 8. The molecule has 2 aliphatic rings. The normalized spacial score (nSPS) is 19.5. The molecule has 222 valence electrons. The molecular weight excluding hydrogens is 593 g/mol. The first-order valence-corrected chi connectivity index (χ1v) is 14.2. The van der Waals surface area contributed by atoms with Crippen molar-refractivity contribution < 1.29 is 29.7 Å². The van der Waals surface area contributed by atoms with Gasteiger partial charge in [-0.05, 0) is 29.4 Å². The van der Waals surface area contributed by atoms with Gasteiger partial charge in [0.2, 0.25) is 0 Å². The molecule has 2 unspecified atom stereocenters. The molecule has 9 nitrogen and oxygen atoms in total. The van der Waals surface area contributed by atoms with Crippen LogP contribution in [0.25, 0.3) is 11.1 Å². The van der Waals surface area contributed by atoms with E-state index in [0.29, 0.717) is 32.7 Å². The fourth-order valence-electron chi connectivity index (χ4n) is 5.08. The van der Waals surface area contributed by atoms with E-state index < -0.39 is 18.1 Å². The number of aliphatic hydroxyl groups excluding tert-OH is 1. The predicted molar refractivity (Wildman–Crippen MR) is 165 cm³/mol. The molecule has 1 saturated heterocycles. The van der Waals surface area contributed by atoms with Crippen LogP contribution < -0.4 is 9.47 Å². The van der Waals surface area contributed by atoms with Gasteiger partial charge in [0, 0.05) is 42.3 Å². The van der Waals surface area contributed by atoms with Crippen molar-refractivity contribution in [2.24, 2.45) is 5.16 Å². The number of rotatable bonds is 10. The minimum atomic E-state index is -1.02. The van der Waals surface area contributed by atoms with E-state index >= 15 is 0 Å². The Morgan fingerprint density at radius 1 is 1.00 bits per heavy atom. The van der Waals surface area contributed by atoms with Gasteiger partial charge in [-0.15, -0.1) is 0 Å². The summed E-state index contributed by atoms with van der Waals surface area (Å²) in [6, 6.07) is 18.0. The van der Waals surface area contributed by atoms with Crippen molar-refractivity contribution in [3.63, 3.8) is 0 Å². The Balaban J connectivity index is 1.40. The molecule has 1 heterocycles. The number of allylic oxidation sites excluding steroid dienone is 2. The molecule has 0 aromatic heterocycles. The fraction of sp³-hybridized carbons (Fsp3) is 0.219. The number of benzene rings is 3. The smallest absolute Gasteiger partial charge is 0.321 e. The highest BCUT2D eigenvalue weighted by molar-refractivity contribution is 6.50. The number of carbonyl (C=O) groups is 1. The molecule has 0 amide bonds. The summed E-state index contributed by atoms with van der Waals surface area (Å²) in [4.78, 5) is 13.5. The van der Waals surface area contributed by atoms with Gasteiger partial charge in [-0.3, -0.25) is 15.1 Å². The fourth-order valence-corrected chi connectivity index (χ4v) is 5.61. The molecule has 0 radical (unpaired) electrons. The van der Waals surface area contributed by atoms with Crippen LogP contribution in [0.3, 0.4) is 0 Å². The molecule has 1 aliphatic carbocycles. The zero-order chi connectivity index (χ0) is 30.5. The van der Waals surface area contributed by atoms with E-state index in [0.717, 1.165) is 16.7 Å². The van der Waals surface area contributed by atoms with E-state index in [1.165, 1.54) is 12.2 Å². The van der Waals surface area contributed by atoms with Gasteiger partial charge in [0.25, 0.3) is 0 Å². The molecule has 5 rings (SSSR count). The summed E-state index contributed by atoms with van der Waals surface area (Å²) in [6.07, 6.45) is 4.08. The molecule has 1 fully saturated rings. The maximum atomic E-state index is 11.8. The van der Waals surface area contributed by atoms with Gasteiger partial charge in [0.15, 0.2) is 0 Å². The first-order valence-electron chi connectivity index (χ1n) is 13.5. The third kappa shape index (κ3) is 7.09. The van der Waals surface area contributed by atoms with E-state index in [1.54, 1.807) is 23.1 Å². The first-order chi connectivity index (χ1) is 20.7. The van der Waals surface area contributed by atoms with Gasteiger partial charge in [0.05, 0.1) is 21.9 Å². The lowest BCUT2D eigenvalue weighted by Gasteiger charge is -2.23. The second-order valence-electron chi connectivity index (χ2n) is 10.2. The van der Waals surface area contributed by atoms with Crippen molar-refractivity contribution in [2.75, 3.05) is 13.2 Å². The Kier molecular flexibility index (Phi) is 9.47. The van der Waals surface area contributed by atoms with Crippen molar-refractivity contribution >= 4 is 40.6 Å². The number of nitrogens with one attached hydrogen (secondary N) is 1. The van der Waals surface area contributed by atoms with Crippen LogP contribution in [0.5, 0.6) is 11.5 Å². The van der Waals surface area contributed by atoms with Crippen LogP contribution in [0.1, 0.15) is 17.5 Å². The Morgan fingerprint density at radius 2 is 1.77 bits per heavy atom. The molecule has 3 aromatic carbocycles. The predicted octanol–water partition coefficient (Wildman–Crippen LogP) is 5.98. The quantitative estimate of drug-likeness (QED) is 0.124. The highest BCUT2D eigenvalue weighted by Crippen LogP contribution is 2.37. The lowest BCUT2D eigenvalue weighted by molar-refractivity contribution is -0.142. The topological polar surface area (TPSA) is 136 Å². The minimum absolute atomic E-state index is 0.0360. The lowest BCUT2D eigenvalue weighted by Crippen LogP contribution is -2.35. The van der Waals surface area contributed by atoms with Crippen LogP contribution in [0.15, 0.2) is 89.6 Å². The Labute approximate surface area is 258 Å². The van der Waals surface area contributed by atoms with Crippen molar-refractivity contribution in [2.45, 2.75) is 31.7 Å². The van der Waals surface area contributed by atoms with Crippen molar-refractivity contribution in [3.8, 4) is 22.6 Å². The number of likely N-dealkylation sites (tertiary alicyclic amines) is 1. The van der Waals surface area contributed by atoms with Crippen LogP contribution >= 0.6 is 23.2 Å². The van der Waals surface area contributed by atoms with Crippen molar-refractivity contribution in [1.29, 1.82) is 5.41 Å². The maximum Gasteiger partial charge on any atom is 0.321 e. The minimum Gasteiger partial charge on any atom is -0.488 e. The van der Waals surface area contributed by atoms with E-state index in [-0.39, 0.29) is 44.1 Å². The van der Waals surface area contributed by atoms with Crippen LogP contribution in [-0.2, 0) is 17.9 Å². The number of aliphatic carboxylic acids is 1. The maximum absolute atomic E-state index is 11.8. The molecule has 0 spiro atoms.